The van der Waals surface area contributed by atoms with Gasteiger partial charge in [-0.1, -0.05) is 26.7 Å². The van der Waals surface area contributed by atoms with Gasteiger partial charge in [0.05, 0.1) is 12.0 Å². The van der Waals surface area contributed by atoms with E-state index in [2.05, 4.69) is 28.7 Å². The van der Waals surface area contributed by atoms with Crippen LogP contribution in [0.15, 0.2) is 12.5 Å². The maximum Gasteiger partial charge on any atom is 0.0948 e. The van der Waals surface area contributed by atoms with Crippen LogP contribution in [0.1, 0.15) is 51.6 Å². The van der Waals surface area contributed by atoms with E-state index in [-0.39, 0.29) is 0 Å². The minimum atomic E-state index is 0.500. The lowest BCUT2D eigenvalue weighted by atomic mass is 9.89. The predicted octanol–water partition coefficient (Wildman–Crippen LogP) is 2.96. The number of nitrogens with zero attached hydrogens (tertiary/aromatic N) is 2. The van der Waals surface area contributed by atoms with Gasteiger partial charge in [0.25, 0.3) is 0 Å². The zero-order chi connectivity index (χ0) is 12.1. The zero-order valence-corrected chi connectivity index (χ0v) is 11.2. The van der Waals surface area contributed by atoms with Crippen LogP contribution in [0, 0.1) is 5.41 Å². The van der Waals surface area contributed by atoms with Gasteiger partial charge in [0.2, 0.25) is 0 Å². The summed E-state index contributed by atoms with van der Waals surface area (Å²) in [5.41, 5.74) is 1.83. The van der Waals surface area contributed by atoms with E-state index in [9.17, 15) is 0 Å². The molecule has 1 aliphatic carbocycles. The Hall–Kier alpha value is -0.830. The largest absolute Gasteiger partial charge is 0.333 e. The monoisotopic (exact) mass is 235 g/mol. The maximum absolute atomic E-state index is 4.30. The van der Waals surface area contributed by atoms with Gasteiger partial charge in [0, 0.05) is 19.3 Å². The third kappa shape index (κ3) is 3.32. The number of hydrogen-bond acceptors (Lipinski definition) is 2. The summed E-state index contributed by atoms with van der Waals surface area (Å²) in [5, 5.41) is 3.45. The van der Waals surface area contributed by atoms with Gasteiger partial charge in [0.15, 0.2) is 0 Å². The highest BCUT2D eigenvalue weighted by Crippen LogP contribution is 2.39. The molecule has 1 fully saturated rings. The summed E-state index contributed by atoms with van der Waals surface area (Å²) in [7, 11) is 0. The van der Waals surface area contributed by atoms with Gasteiger partial charge in [-0.05, 0) is 31.2 Å². The van der Waals surface area contributed by atoms with E-state index in [1.54, 1.807) is 0 Å². The van der Waals surface area contributed by atoms with Gasteiger partial charge >= 0.3 is 0 Å². The topological polar surface area (TPSA) is 29.9 Å². The molecule has 1 saturated carbocycles. The summed E-state index contributed by atoms with van der Waals surface area (Å²) in [6.07, 6.45) is 10.7. The number of imidazole rings is 1. The van der Waals surface area contributed by atoms with Crippen molar-refractivity contribution in [3.05, 3.63) is 18.2 Å². The lowest BCUT2D eigenvalue weighted by molar-refractivity contribution is 0.277. The SMILES string of the molecule is CCCNCc1cncn1CC1(C)CCCC1. The molecule has 96 valence electrons. The normalized spacial score (nSPS) is 18.7. The summed E-state index contributed by atoms with van der Waals surface area (Å²) in [5.74, 6) is 0. The minimum absolute atomic E-state index is 0.500. The van der Waals surface area contributed by atoms with Crippen molar-refractivity contribution in [3.63, 3.8) is 0 Å². The van der Waals surface area contributed by atoms with Crippen LogP contribution in [0.3, 0.4) is 0 Å². The molecule has 0 saturated heterocycles. The summed E-state index contributed by atoms with van der Waals surface area (Å²) >= 11 is 0. The molecule has 0 bridgehead atoms. The fraction of sp³-hybridized carbons (Fsp3) is 0.786. The van der Waals surface area contributed by atoms with Gasteiger partial charge in [-0.25, -0.2) is 4.98 Å². The highest BCUT2D eigenvalue weighted by atomic mass is 15.1. The van der Waals surface area contributed by atoms with E-state index >= 15 is 0 Å². The van der Waals surface area contributed by atoms with Crippen molar-refractivity contribution in [1.29, 1.82) is 0 Å². The third-order valence-corrected chi connectivity index (χ3v) is 3.89. The molecular weight excluding hydrogens is 210 g/mol. The van der Waals surface area contributed by atoms with Gasteiger partial charge in [-0.15, -0.1) is 0 Å². The Morgan fingerprint density at radius 2 is 2.18 bits per heavy atom. The van der Waals surface area contributed by atoms with Crippen LogP contribution in [-0.4, -0.2) is 16.1 Å². The van der Waals surface area contributed by atoms with E-state index < -0.39 is 0 Å². The van der Waals surface area contributed by atoms with Gasteiger partial charge < -0.3 is 9.88 Å². The Kier molecular flexibility index (Phi) is 4.21. The summed E-state index contributed by atoms with van der Waals surface area (Å²) < 4.78 is 2.34. The van der Waals surface area contributed by atoms with E-state index in [0.29, 0.717) is 5.41 Å². The van der Waals surface area contributed by atoms with Crippen LogP contribution >= 0.6 is 0 Å². The van der Waals surface area contributed by atoms with Gasteiger partial charge in [-0.3, -0.25) is 0 Å². The molecule has 0 atom stereocenters. The molecule has 1 heterocycles. The van der Waals surface area contributed by atoms with Crippen molar-refractivity contribution >= 4 is 0 Å². The van der Waals surface area contributed by atoms with E-state index in [4.69, 9.17) is 0 Å². The number of nitrogens with one attached hydrogen (secondary N) is 1. The molecule has 2 rings (SSSR count). The minimum Gasteiger partial charge on any atom is -0.333 e. The van der Waals surface area contributed by atoms with Crippen molar-refractivity contribution in [1.82, 2.24) is 14.9 Å². The molecule has 1 aromatic heterocycles. The van der Waals surface area contributed by atoms with Crippen LogP contribution in [-0.2, 0) is 13.1 Å². The van der Waals surface area contributed by atoms with E-state index in [1.165, 1.54) is 37.8 Å². The van der Waals surface area contributed by atoms with Crippen molar-refractivity contribution < 1.29 is 0 Å². The first-order chi connectivity index (χ1) is 8.23. The van der Waals surface area contributed by atoms with Crippen LogP contribution in [0.4, 0.5) is 0 Å². The molecule has 0 aromatic carbocycles. The first kappa shape index (κ1) is 12.6. The molecule has 0 amide bonds. The summed E-state index contributed by atoms with van der Waals surface area (Å²) in [6.45, 7) is 7.79. The smallest absolute Gasteiger partial charge is 0.0948 e. The highest BCUT2D eigenvalue weighted by Gasteiger charge is 2.29. The lowest BCUT2D eigenvalue weighted by Gasteiger charge is -2.25. The quantitative estimate of drug-likeness (QED) is 0.768. The van der Waals surface area contributed by atoms with Crippen molar-refractivity contribution in [2.45, 2.75) is 59.0 Å². The number of hydrogen-bond donors (Lipinski definition) is 1. The maximum atomic E-state index is 4.30. The van der Waals surface area contributed by atoms with E-state index in [0.717, 1.165) is 19.6 Å². The molecular formula is C14H25N3. The third-order valence-electron chi connectivity index (χ3n) is 3.89. The Bertz CT molecular complexity index is 337. The van der Waals surface area contributed by atoms with Crippen molar-refractivity contribution in [2.75, 3.05) is 6.54 Å². The standard InChI is InChI=1S/C14H25N3/c1-3-8-15-9-13-10-16-12-17(13)11-14(2)6-4-5-7-14/h10,12,15H,3-9,11H2,1-2H3. The molecule has 17 heavy (non-hydrogen) atoms. The fourth-order valence-electron chi connectivity index (χ4n) is 2.83. The van der Waals surface area contributed by atoms with Crippen molar-refractivity contribution in [2.24, 2.45) is 5.41 Å². The first-order valence-corrected chi connectivity index (χ1v) is 6.93. The van der Waals surface area contributed by atoms with Crippen LogP contribution in [0.2, 0.25) is 0 Å². The molecule has 0 unspecified atom stereocenters. The Morgan fingerprint density at radius 3 is 2.88 bits per heavy atom. The molecule has 0 spiro atoms. The predicted molar refractivity (Wildman–Crippen MR) is 70.8 cm³/mol. The second-order valence-electron chi connectivity index (χ2n) is 5.71. The highest BCUT2D eigenvalue weighted by molar-refractivity contribution is 4.99. The van der Waals surface area contributed by atoms with Crippen molar-refractivity contribution in [3.8, 4) is 0 Å². The van der Waals surface area contributed by atoms with Crippen LogP contribution < -0.4 is 5.32 Å². The van der Waals surface area contributed by atoms with Gasteiger partial charge in [-0.2, -0.15) is 0 Å². The van der Waals surface area contributed by atoms with Crippen LogP contribution in [0.5, 0.6) is 0 Å². The number of rotatable bonds is 6. The summed E-state index contributed by atoms with van der Waals surface area (Å²) in [4.78, 5) is 4.30. The number of aromatic nitrogens is 2. The Balaban J connectivity index is 1.93. The molecule has 3 heteroatoms. The zero-order valence-electron chi connectivity index (χ0n) is 11.2. The fourth-order valence-corrected chi connectivity index (χ4v) is 2.83. The Labute approximate surface area is 105 Å². The van der Waals surface area contributed by atoms with E-state index in [1.807, 2.05) is 12.5 Å². The van der Waals surface area contributed by atoms with Gasteiger partial charge in [0.1, 0.15) is 0 Å². The molecule has 0 radical (unpaired) electrons. The molecule has 1 N–H and O–H groups in total. The molecule has 1 aliphatic rings. The second-order valence-corrected chi connectivity index (χ2v) is 5.71. The lowest BCUT2D eigenvalue weighted by Crippen LogP contribution is -2.23. The Morgan fingerprint density at radius 1 is 1.41 bits per heavy atom. The average Bonchev–Trinajstić information content (AvgIpc) is 2.90. The average molecular weight is 235 g/mol. The molecule has 3 nitrogen and oxygen atoms in total. The summed E-state index contributed by atoms with van der Waals surface area (Å²) in [6, 6.07) is 0. The second kappa shape index (κ2) is 5.67. The van der Waals surface area contributed by atoms with Crippen LogP contribution in [0.25, 0.3) is 0 Å². The molecule has 1 aromatic rings. The molecule has 0 aliphatic heterocycles. The first-order valence-electron chi connectivity index (χ1n) is 6.93.